The standard InChI is InChI=1S/C21H13N9/c1-2-10(20-27-16-4-12-13(23-8-22-12)5-17(16)28-20)26-11(3-1)21-29-18-6-14-15(25-9-24-14)7-19(18)30-21/h1-9H,(H,22,23)(H,24,25)(H,27,28)(H,29,30). The lowest BCUT2D eigenvalue weighted by molar-refractivity contribution is 1.20. The lowest BCUT2D eigenvalue weighted by atomic mass is 10.3. The van der Waals surface area contributed by atoms with Crippen molar-refractivity contribution < 1.29 is 0 Å². The van der Waals surface area contributed by atoms with Gasteiger partial charge in [0, 0.05) is 0 Å². The summed E-state index contributed by atoms with van der Waals surface area (Å²) in [6.45, 7) is 0. The number of aromatic nitrogens is 9. The Hall–Kier alpha value is -4.53. The summed E-state index contributed by atoms with van der Waals surface area (Å²) in [6.07, 6.45) is 3.36. The van der Waals surface area contributed by atoms with Gasteiger partial charge in [0.15, 0.2) is 11.6 Å². The highest BCUT2D eigenvalue weighted by Gasteiger charge is 2.12. The van der Waals surface area contributed by atoms with Crippen LogP contribution in [0.1, 0.15) is 0 Å². The van der Waals surface area contributed by atoms with E-state index < -0.39 is 0 Å². The van der Waals surface area contributed by atoms with Crippen LogP contribution >= 0.6 is 0 Å². The van der Waals surface area contributed by atoms with Crippen molar-refractivity contribution in [3.05, 3.63) is 55.1 Å². The minimum atomic E-state index is 0.702. The molecule has 7 rings (SSSR count). The molecular weight excluding hydrogens is 378 g/mol. The highest BCUT2D eigenvalue weighted by Crippen LogP contribution is 2.26. The molecule has 0 aliphatic carbocycles. The highest BCUT2D eigenvalue weighted by molar-refractivity contribution is 5.93. The fourth-order valence-corrected chi connectivity index (χ4v) is 3.82. The number of rotatable bonds is 2. The van der Waals surface area contributed by atoms with Gasteiger partial charge in [0.05, 0.1) is 56.8 Å². The highest BCUT2D eigenvalue weighted by atomic mass is 15.0. The van der Waals surface area contributed by atoms with Gasteiger partial charge in [0.25, 0.3) is 0 Å². The monoisotopic (exact) mass is 391 g/mol. The third-order valence-corrected chi connectivity index (χ3v) is 5.28. The van der Waals surface area contributed by atoms with E-state index in [0.717, 1.165) is 55.5 Å². The molecule has 0 atom stereocenters. The molecule has 0 unspecified atom stereocenters. The second-order valence-electron chi connectivity index (χ2n) is 7.16. The number of hydrogen-bond donors (Lipinski definition) is 4. The molecule has 0 aliphatic rings. The van der Waals surface area contributed by atoms with Gasteiger partial charge in [-0.25, -0.2) is 24.9 Å². The minimum absolute atomic E-state index is 0.702. The molecule has 9 heteroatoms. The molecule has 0 saturated carbocycles. The predicted molar refractivity (Wildman–Crippen MR) is 114 cm³/mol. The van der Waals surface area contributed by atoms with Crippen molar-refractivity contribution in [2.75, 3.05) is 0 Å². The Labute approximate surface area is 167 Å². The van der Waals surface area contributed by atoms with Crippen molar-refractivity contribution in [1.82, 2.24) is 44.9 Å². The van der Waals surface area contributed by atoms with Crippen molar-refractivity contribution in [3.8, 4) is 23.0 Å². The fraction of sp³-hybridized carbons (Fsp3) is 0. The number of aromatic amines is 4. The maximum Gasteiger partial charge on any atom is 0.157 e. The first-order valence-corrected chi connectivity index (χ1v) is 9.44. The topological polar surface area (TPSA) is 128 Å². The van der Waals surface area contributed by atoms with E-state index >= 15 is 0 Å². The van der Waals surface area contributed by atoms with Crippen LogP contribution in [0.3, 0.4) is 0 Å². The van der Waals surface area contributed by atoms with E-state index in [0.29, 0.717) is 11.6 Å². The summed E-state index contributed by atoms with van der Waals surface area (Å²) in [5.41, 5.74) is 8.75. The Bertz CT molecular complexity index is 1490. The number of fused-ring (bicyclic) bond motifs is 4. The molecule has 0 radical (unpaired) electrons. The number of nitrogens with zero attached hydrogens (tertiary/aromatic N) is 5. The summed E-state index contributed by atoms with van der Waals surface area (Å²) in [5.74, 6) is 1.40. The van der Waals surface area contributed by atoms with Crippen LogP contribution in [0, 0.1) is 0 Å². The van der Waals surface area contributed by atoms with Gasteiger partial charge in [-0.05, 0) is 36.4 Å². The van der Waals surface area contributed by atoms with Gasteiger partial charge in [-0.2, -0.15) is 0 Å². The normalized spacial score (nSPS) is 12.0. The largest absolute Gasteiger partial charge is 0.345 e. The van der Waals surface area contributed by atoms with Gasteiger partial charge < -0.3 is 19.9 Å². The molecule has 30 heavy (non-hydrogen) atoms. The van der Waals surface area contributed by atoms with Gasteiger partial charge in [-0.15, -0.1) is 0 Å². The van der Waals surface area contributed by atoms with E-state index in [9.17, 15) is 0 Å². The van der Waals surface area contributed by atoms with Gasteiger partial charge in [-0.3, -0.25) is 0 Å². The number of nitrogens with one attached hydrogen (secondary N) is 4. The van der Waals surface area contributed by atoms with Crippen molar-refractivity contribution >= 4 is 44.1 Å². The molecule has 0 aliphatic heterocycles. The van der Waals surface area contributed by atoms with Crippen LogP contribution < -0.4 is 0 Å². The second kappa shape index (κ2) is 5.51. The van der Waals surface area contributed by atoms with Crippen molar-refractivity contribution in [2.24, 2.45) is 0 Å². The summed E-state index contributed by atoms with van der Waals surface area (Å²) < 4.78 is 0. The number of imidazole rings is 4. The molecule has 4 N–H and O–H groups in total. The van der Waals surface area contributed by atoms with Crippen LogP contribution in [0.15, 0.2) is 55.1 Å². The van der Waals surface area contributed by atoms with Crippen LogP contribution in [-0.4, -0.2) is 44.9 Å². The number of benzene rings is 2. The second-order valence-corrected chi connectivity index (χ2v) is 7.16. The first kappa shape index (κ1) is 15.4. The Kier molecular flexibility index (Phi) is 2.83. The van der Waals surface area contributed by atoms with Crippen LogP contribution in [0.25, 0.3) is 67.2 Å². The third-order valence-electron chi connectivity index (χ3n) is 5.28. The summed E-state index contributed by atoms with van der Waals surface area (Å²) in [7, 11) is 0. The number of hydrogen-bond acceptors (Lipinski definition) is 5. The van der Waals surface area contributed by atoms with E-state index in [-0.39, 0.29) is 0 Å². The smallest absolute Gasteiger partial charge is 0.157 e. The molecular formula is C21H13N9. The van der Waals surface area contributed by atoms with E-state index in [2.05, 4.69) is 29.9 Å². The SMILES string of the molecule is c1cc(-c2nc3cc4nc[nH]c4cc3[nH]2)nc(-c2nc3cc4nc[nH]c4cc3[nH]2)c1. The Morgan fingerprint density at radius 3 is 1.60 bits per heavy atom. The van der Waals surface area contributed by atoms with Crippen LogP contribution in [0.4, 0.5) is 0 Å². The molecule has 0 fully saturated rings. The van der Waals surface area contributed by atoms with Crippen LogP contribution in [0.2, 0.25) is 0 Å². The predicted octanol–water partition coefficient (Wildman–Crippen LogP) is 3.92. The zero-order chi connectivity index (χ0) is 19.7. The maximum absolute atomic E-state index is 4.78. The lowest BCUT2D eigenvalue weighted by Gasteiger charge is -1.99. The van der Waals surface area contributed by atoms with E-state index in [4.69, 9.17) is 15.0 Å². The number of pyridine rings is 1. The summed E-state index contributed by atoms with van der Waals surface area (Å²) in [4.78, 5) is 35.7. The minimum Gasteiger partial charge on any atom is -0.345 e. The summed E-state index contributed by atoms with van der Waals surface area (Å²) in [6, 6.07) is 13.7. The van der Waals surface area contributed by atoms with Gasteiger partial charge in [-0.1, -0.05) is 6.07 Å². The molecule has 5 aromatic heterocycles. The van der Waals surface area contributed by atoms with Crippen molar-refractivity contribution in [3.63, 3.8) is 0 Å². The molecule has 0 amide bonds. The number of H-pyrrole nitrogens is 4. The van der Waals surface area contributed by atoms with E-state index in [1.165, 1.54) is 0 Å². The van der Waals surface area contributed by atoms with Gasteiger partial charge >= 0.3 is 0 Å². The lowest BCUT2D eigenvalue weighted by Crippen LogP contribution is -1.90. The van der Waals surface area contributed by atoms with Crippen LogP contribution in [-0.2, 0) is 0 Å². The molecule has 0 spiro atoms. The molecule has 142 valence electrons. The van der Waals surface area contributed by atoms with Crippen LogP contribution in [0.5, 0.6) is 0 Å². The first-order valence-electron chi connectivity index (χ1n) is 9.44. The molecule has 5 heterocycles. The average molecular weight is 391 g/mol. The van der Waals surface area contributed by atoms with Gasteiger partial charge in [0.1, 0.15) is 11.4 Å². The Morgan fingerprint density at radius 1 is 0.533 bits per heavy atom. The fourth-order valence-electron chi connectivity index (χ4n) is 3.82. The zero-order valence-electron chi connectivity index (χ0n) is 15.4. The summed E-state index contributed by atoms with van der Waals surface area (Å²) in [5, 5.41) is 0. The molecule has 0 bridgehead atoms. The molecule has 0 saturated heterocycles. The maximum atomic E-state index is 4.78. The zero-order valence-corrected chi connectivity index (χ0v) is 15.4. The first-order chi connectivity index (χ1) is 14.8. The van der Waals surface area contributed by atoms with Crippen molar-refractivity contribution in [1.29, 1.82) is 0 Å². The van der Waals surface area contributed by atoms with Crippen molar-refractivity contribution in [2.45, 2.75) is 0 Å². The average Bonchev–Trinajstić information content (AvgIpc) is 3.54. The Balaban J connectivity index is 1.34. The quantitative estimate of drug-likeness (QED) is 0.355. The molecule has 2 aromatic carbocycles. The Morgan fingerprint density at radius 2 is 1.07 bits per heavy atom. The van der Waals surface area contributed by atoms with Gasteiger partial charge in [0.2, 0.25) is 0 Å². The molecule has 7 aromatic rings. The third kappa shape index (κ3) is 2.20. The van der Waals surface area contributed by atoms with E-state index in [1.807, 2.05) is 42.5 Å². The summed E-state index contributed by atoms with van der Waals surface area (Å²) >= 11 is 0. The van der Waals surface area contributed by atoms with E-state index in [1.54, 1.807) is 12.7 Å². The molecule has 9 nitrogen and oxygen atoms in total.